The minimum Gasteiger partial charge on any atom is -0.466 e. The maximum absolute atomic E-state index is 11.5. The zero-order valence-electron chi connectivity index (χ0n) is 10.9. The van der Waals surface area contributed by atoms with Gasteiger partial charge < -0.3 is 9.47 Å². The van der Waals surface area contributed by atoms with E-state index in [0.717, 1.165) is 19.3 Å². The Morgan fingerprint density at radius 3 is 2.56 bits per heavy atom. The van der Waals surface area contributed by atoms with Crippen molar-refractivity contribution < 1.29 is 14.3 Å². The summed E-state index contributed by atoms with van der Waals surface area (Å²) < 4.78 is 11.0. The minimum atomic E-state index is -0.0502. The summed E-state index contributed by atoms with van der Waals surface area (Å²) in [6.45, 7) is 8.73. The van der Waals surface area contributed by atoms with Crippen LogP contribution in [0.5, 0.6) is 0 Å². The molecule has 0 spiro atoms. The third kappa shape index (κ3) is 3.78. The van der Waals surface area contributed by atoms with Crippen molar-refractivity contribution in [1.29, 1.82) is 0 Å². The van der Waals surface area contributed by atoms with Crippen LogP contribution in [0.1, 0.15) is 47.0 Å². The normalized spacial score (nSPS) is 27.1. The Hall–Kier alpha value is -0.570. The molecule has 0 aromatic heterocycles. The standard InChI is InChI=1S/C13H24O3/c1-5-15-13(14)11-6-7-12(8-11)16-10(4)9(2)3/h9-12H,5-8H2,1-4H3/t10-,11?,12?/m1/s1. The second-order valence-electron chi connectivity index (χ2n) is 4.97. The van der Waals surface area contributed by atoms with Gasteiger partial charge in [-0.05, 0) is 39.0 Å². The van der Waals surface area contributed by atoms with Crippen molar-refractivity contribution in [3.63, 3.8) is 0 Å². The first kappa shape index (κ1) is 13.5. The molecule has 16 heavy (non-hydrogen) atoms. The molecule has 0 N–H and O–H groups in total. The van der Waals surface area contributed by atoms with E-state index in [1.165, 1.54) is 0 Å². The van der Waals surface area contributed by atoms with E-state index in [4.69, 9.17) is 9.47 Å². The van der Waals surface area contributed by atoms with Crippen molar-refractivity contribution in [3.05, 3.63) is 0 Å². The number of carbonyl (C=O) groups is 1. The van der Waals surface area contributed by atoms with E-state index < -0.39 is 0 Å². The van der Waals surface area contributed by atoms with E-state index in [9.17, 15) is 4.79 Å². The zero-order valence-corrected chi connectivity index (χ0v) is 10.9. The average molecular weight is 228 g/mol. The molecule has 0 heterocycles. The van der Waals surface area contributed by atoms with E-state index in [1.807, 2.05) is 6.92 Å². The molecule has 0 aromatic rings. The lowest BCUT2D eigenvalue weighted by Gasteiger charge is -2.21. The van der Waals surface area contributed by atoms with Gasteiger partial charge in [-0.2, -0.15) is 0 Å². The van der Waals surface area contributed by atoms with Crippen molar-refractivity contribution in [2.45, 2.75) is 59.2 Å². The second-order valence-corrected chi connectivity index (χ2v) is 4.97. The topological polar surface area (TPSA) is 35.5 Å². The van der Waals surface area contributed by atoms with Crippen LogP contribution in [0.4, 0.5) is 0 Å². The van der Waals surface area contributed by atoms with Crippen LogP contribution in [0.3, 0.4) is 0 Å². The van der Waals surface area contributed by atoms with Crippen molar-refractivity contribution in [3.8, 4) is 0 Å². The predicted octanol–water partition coefficient (Wildman–Crippen LogP) is 2.78. The van der Waals surface area contributed by atoms with Gasteiger partial charge in [0, 0.05) is 0 Å². The Kier molecular flexibility index (Phi) is 5.26. The van der Waals surface area contributed by atoms with Gasteiger partial charge in [-0.3, -0.25) is 4.79 Å². The minimum absolute atomic E-state index is 0.0502. The molecule has 0 bridgehead atoms. The van der Waals surface area contributed by atoms with E-state index in [1.54, 1.807) is 0 Å². The maximum atomic E-state index is 11.5. The first-order valence-electron chi connectivity index (χ1n) is 6.36. The van der Waals surface area contributed by atoms with Crippen LogP contribution in [0.2, 0.25) is 0 Å². The number of ether oxygens (including phenoxy) is 2. The van der Waals surface area contributed by atoms with Gasteiger partial charge in [-0.15, -0.1) is 0 Å². The molecule has 1 aliphatic rings. The Morgan fingerprint density at radius 2 is 2.00 bits per heavy atom. The van der Waals surface area contributed by atoms with Crippen molar-refractivity contribution >= 4 is 5.97 Å². The van der Waals surface area contributed by atoms with Gasteiger partial charge in [-0.1, -0.05) is 13.8 Å². The summed E-state index contributed by atoms with van der Waals surface area (Å²) in [5.41, 5.74) is 0. The molecule has 0 saturated heterocycles. The van der Waals surface area contributed by atoms with Crippen LogP contribution in [0.15, 0.2) is 0 Å². The summed E-state index contributed by atoms with van der Waals surface area (Å²) >= 11 is 0. The fraction of sp³-hybridized carbons (Fsp3) is 0.923. The summed E-state index contributed by atoms with van der Waals surface area (Å²) in [7, 11) is 0. The van der Waals surface area contributed by atoms with Gasteiger partial charge in [0.15, 0.2) is 0 Å². The summed E-state index contributed by atoms with van der Waals surface area (Å²) in [6.07, 6.45) is 3.24. The lowest BCUT2D eigenvalue weighted by molar-refractivity contribution is -0.148. The van der Waals surface area contributed by atoms with Gasteiger partial charge in [0.1, 0.15) is 0 Å². The summed E-state index contributed by atoms with van der Waals surface area (Å²) in [6, 6.07) is 0. The molecular weight excluding hydrogens is 204 g/mol. The number of esters is 1. The number of carbonyl (C=O) groups excluding carboxylic acids is 1. The molecule has 0 aliphatic heterocycles. The zero-order chi connectivity index (χ0) is 12.1. The molecule has 1 fully saturated rings. The third-order valence-corrected chi connectivity index (χ3v) is 3.35. The van der Waals surface area contributed by atoms with Gasteiger partial charge in [0.25, 0.3) is 0 Å². The molecule has 1 aliphatic carbocycles. The lowest BCUT2D eigenvalue weighted by atomic mass is 10.1. The molecule has 94 valence electrons. The SMILES string of the molecule is CCOC(=O)C1CCC(O[C@H](C)C(C)C)C1. The fourth-order valence-electron chi connectivity index (χ4n) is 2.00. The highest BCUT2D eigenvalue weighted by Gasteiger charge is 2.32. The van der Waals surface area contributed by atoms with Gasteiger partial charge in [0.05, 0.1) is 24.7 Å². The van der Waals surface area contributed by atoms with Gasteiger partial charge in [-0.25, -0.2) is 0 Å². The number of rotatable bonds is 5. The Labute approximate surface area is 98.5 Å². The summed E-state index contributed by atoms with van der Waals surface area (Å²) in [5, 5.41) is 0. The van der Waals surface area contributed by atoms with Gasteiger partial charge in [0.2, 0.25) is 0 Å². The molecule has 1 saturated carbocycles. The Bertz CT molecular complexity index is 225. The van der Waals surface area contributed by atoms with Gasteiger partial charge >= 0.3 is 5.97 Å². The molecule has 1 rings (SSSR count). The Morgan fingerprint density at radius 1 is 1.31 bits per heavy atom. The van der Waals surface area contributed by atoms with E-state index in [-0.39, 0.29) is 24.1 Å². The van der Waals surface area contributed by atoms with Crippen LogP contribution < -0.4 is 0 Å². The van der Waals surface area contributed by atoms with Crippen molar-refractivity contribution in [2.24, 2.45) is 11.8 Å². The van der Waals surface area contributed by atoms with Crippen LogP contribution in [0.25, 0.3) is 0 Å². The van der Waals surface area contributed by atoms with E-state index in [0.29, 0.717) is 12.5 Å². The predicted molar refractivity (Wildman–Crippen MR) is 63.1 cm³/mol. The second kappa shape index (κ2) is 6.24. The number of hydrogen-bond acceptors (Lipinski definition) is 3. The molecule has 0 amide bonds. The van der Waals surface area contributed by atoms with Crippen LogP contribution in [-0.2, 0) is 14.3 Å². The highest BCUT2D eigenvalue weighted by molar-refractivity contribution is 5.72. The fourth-order valence-corrected chi connectivity index (χ4v) is 2.00. The van der Waals surface area contributed by atoms with Crippen LogP contribution >= 0.6 is 0 Å². The maximum Gasteiger partial charge on any atom is 0.309 e. The average Bonchev–Trinajstić information content (AvgIpc) is 2.66. The summed E-state index contributed by atoms with van der Waals surface area (Å²) in [5.74, 6) is 0.539. The molecular formula is C13H24O3. The van der Waals surface area contributed by atoms with Crippen LogP contribution in [-0.4, -0.2) is 24.8 Å². The van der Waals surface area contributed by atoms with Crippen LogP contribution in [0, 0.1) is 11.8 Å². The molecule has 3 heteroatoms. The monoisotopic (exact) mass is 228 g/mol. The molecule has 3 nitrogen and oxygen atoms in total. The smallest absolute Gasteiger partial charge is 0.309 e. The van der Waals surface area contributed by atoms with E-state index >= 15 is 0 Å². The molecule has 0 aromatic carbocycles. The first-order chi connectivity index (χ1) is 7.54. The molecule has 0 radical (unpaired) electrons. The van der Waals surface area contributed by atoms with E-state index in [2.05, 4.69) is 20.8 Å². The summed E-state index contributed by atoms with van der Waals surface area (Å²) in [4.78, 5) is 11.5. The Balaban J connectivity index is 2.32. The lowest BCUT2D eigenvalue weighted by Crippen LogP contribution is -2.23. The van der Waals surface area contributed by atoms with Crippen molar-refractivity contribution in [2.75, 3.05) is 6.61 Å². The molecule has 2 unspecified atom stereocenters. The highest BCUT2D eigenvalue weighted by Crippen LogP contribution is 2.30. The largest absolute Gasteiger partial charge is 0.466 e. The molecule has 3 atom stereocenters. The first-order valence-corrected chi connectivity index (χ1v) is 6.36. The number of hydrogen-bond donors (Lipinski definition) is 0. The quantitative estimate of drug-likeness (QED) is 0.679. The van der Waals surface area contributed by atoms with Crippen molar-refractivity contribution in [1.82, 2.24) is 0 Å². The third-order valence-electron chi connectivity index (χ3n) is 3.35. The highest BCUT2D eigenvalue weighted by atomic mass is 16.5.